The molecule has 0 saturated carbocycles. The van der Waals surface area contributed by atoms with Crippen LogP contribution in [0.25, 0.3) is 11.0 Å². The van der Waals surface area contributed by atoms with Crippen molar-refractivity contribution >= 4 is 33.3 Å². The van der Waals surface area contributed by atoms with Crippen molar-refractivity contribution in [1.29, 1.82) is 0 Å². The summed E-state index contributed by atoms with van der Waals surface area (Å²) in [4.78, 5) is 17.9. The van der Waals surface area contributed by atoms with Crippen LogP contribution in [0, 0.1) is 0 Å². The number of anilines is 1. The van der Waals surface area contributed by atoms with Crippen molar-refractivity contribution in [3.05, 3.63) is 82.6 Å². The van der Waals surface area contributed by atoms with Crippen LogP contribution >= 0.6 is 11.3 Å². The number of carbonyl (C=O) groups is 1. The standard InChI is InChI=1S/C22H20N2O3S/c1-22(2,26)15-9-7-14(8-10-15)11-16-12-23-21(28-16)24-20(25)18-13-27-19-6-4-3-5-17(18)19/h3-10,12-13,26H,11H2,1-2H3,(H,23,24,25). The molecule has 0 unspecified atom stereocenters. The first-order valence-electron chi connectivity index (χ1n) is 8.94. The molecule has 0 atom stereocenters. The molecule has 6 heteroatoms. The van der Waals surface area contributed by atoms with Gasteiger partial charge in [-0.3, -0.25) is 10.1 Å². The van der Waals surface area contributed by atoms with Crippen LogP contribution in [0.4, 0.5) is 5.13 Å². The van der Waals surface area contributed by atoms with Crippen LogP contribution in [0.3, 0.4) is 0 Å². The predicted octanol–water partition coefficient (Wildman–Crippen LogP) is 4.96. The van der Waals surface area contributed by atoms with Crippen LogP contribution in [-0.4, -0.2) is 16.0 Å². The lowest BCUT2D eigenvalue weighted by Crippen LogP contribution is -2.15. The summed E-state index contributed by atoms with van der Waals surface area (Å²) in [6.45, 7) is 3.53. The number of benzene rings is 2. The molecule has 0 radical (unpaired) electrons. The summed E-state index contributed by atoms with van der Waals surface area (Å²) in [5.41, 5.74) is 2.32. The highest BCUT2D eigenvalue weighted by molar-refractivity contribution is 7.15. The van der Waals surface area contributed by atoms with E-state index in [1.807, 2.05) is 48.5 Å². The molecule has 142 valence electrons. The lowest BCUT2D eigenvalue weighted by Gasteiger charge is -2.17. The molecule has 28 heavy (non-hydrogen) atoms. The Morgan fingerprint density at radius 2 is 1.93 bits per heavy atom. The third kappa shape index (κ3) is 3.83. The van der Waals surface area contributed by atoms with Gasteiger partial charge in [0.2, 0.25) is 0 Å². The van der Waals surface area contributed by atoms with Crippen molar-refractivity contribution in [3.63, 3.8) is 0 Å². The van der Waals surface area contributed by atoms with Crippen molar-refractivity contribution in [2.24, 2.45) is 0 Å². The fourth-order valence-corrected chi connectivity index (χ4v) is 3.84. The molecular formula is C22H20N2O3S. The van der Waals surface area contributed by atoms with E-state index in [1.54, 1.807) is 20.0 Å². The fraction of sp³-hybridized carbons (Fsp3) is 0.182. The van der Waals surface area contributed by atoms with Crippen LogP contribution in [-0.2, 0) is 12.0 Å². The van der Waals surface area contributed by atoms with Gasteiger partial charge < -0.3 is 9.52 Å². The van der Waals surface area contributed by atoms with Gasteiger partial charge in [0.15, 0.2) is 5.13 Å². The second-order valence-electron chi connectivity index (χ2n) is 7.16. The zero-order valence-corrected chi connectivity index (χ0v) is 16.4. The number of nitrogens with zero attached hydrogens (tertiary/aromatic N) is 1. The van der Waals surface area contributed by atoms with Crippen LogP contribution in [0.5, 0.6) is 0 Å². The number of fused-ring (bicyclic) bond motifs is 1. The summed E-state index contributed by atoms with van der Waals surface area (Å²) in [6.07, 6.45) is 3.96. The number of carbonyl (C=O) groups excluding carboxylic acids is 1. The molecule has 0 aliphatic rings. The van der Waals surface area contributed by atoms with Gasteiger partial charge >= 0.3 is 0 Å². The minimum absolute atomic E-state index is 0.236. The zero-order valence-electron chi connectivity index (χ0n) is 15.6. The average molecular weight is 392 g/mol. The molecule has 4 rings (SSSR count). The maximum Gasteiger partial charge on any atom is 0.261 e. The van der Waals surface area contributed by atoms with E-state index in [0.717, 1.165) is 21.4 Å². The average Bonchev–Trinajstić information content (AvgIpc) is 3.28. The molecule has 0 fully saturated rings. The topological polar surface area (TPSA) is 75.4 Å². The normalized spacial score (nSPS) is 11.7. The van der Waals surface area contributed by atoms with E-state index in [2.05, 4.69) is 10.3 Å². The zero-order chi connectivity index (χ0) is 19.7. The Morgan fingerprint density at radius 1 is 1.18 bits per heavy atom. The Balaban J connectivity index is 1.45. The predicted molar refractivity (Wildman–Crippen MR) is 111 cm³/mol. The summed E-state index contributed by atoms with van der Waals surface area (Å²) in [5.74, 6) is -0.236. The van der Waals surface area contributed by atoms with E-state index in [9.17, 15) is 9.90 Å². The number of nitrogens with one attached hydrogen (secondary N) is 1. The summed E-state index contributed by atoms with van der Waals surface area (Å²) < 4.78 is 5.43. The number of aromatic nitrogens is 1. The third-order valence-electron chi connectivity index (χ3n) is 4.54. The summed E-state index contributed by atoms with van der Waals surface area (Å²) in [6, 6.07) is 15.3. The van der Waals surface area contributed by atoms with E-state index in [4.69, 9.17) is 4.42 Å². The van der Waals surface area contributed by atoms with Crippen LogP contribution < -0.4 is 5.32 Å². The quantitative estimate of drug-likeness (QED) is 0.503. The Morgan fingerprint density at radius 3 is 2.68 bits per heavy atom. The first-order valence-corrected chi connectivity index (χ1v) is 9.76. The number of para-hydroxylation sites is 1. The molecule has 0 spiro atoms. The van der Waals surface area contributed by atoms with Crippen LogP contribution in [0.15, 0.2) is 65.4 Å². The van der Waals surface area contributed by atoms with Crippen LogP contribution in [0.1, 0.15) is 40.2 Å². The van der Waals surface area contributed by atoms with Gasteiger partial charge in [-0.15, -0.1) is 11.3 Å². The number of thiazole rings is 1. The van der Waals surface area contributed by atoms with Gasteiger partial charge in [0.05, 0.1) is 11.2 Å². The molecule has 0 aliphatic heterocycles. The number of aliphatic hydroxyl groups is 1. The Bertz CT molecular complexity index is 1120. The number of furan rings is 1. The van der Waals surface area contributed by atoms with Gasteiger partial charge in [0.25, 0.3) is 5.91 Å². The smallest absolute Gasteiger partial charge is 0.261 e. The first kappa shape index (κ1) is 18.4. The van der Waals surface area contributed by atoms with Gasteiger partial charge in [-0.2, -0.15) is 0 Å². The van der Waals surface area contributed by atoms with E-state index < -0.39 is 5.60 Å². The lowest BCUT2D eigenvalue weighted by atomic mass is 9.97. The van der Waals surface area contributed by atoms with E-state index in [0.29, 0.717) is 22.7 Å². The van der Waals surface area contributed by atoms with Gasteiger partial charge in [-0.1, -0.05) is 42.5 Å². The van der Waals surface area contributed by atoms with Gasteiger partial charge in [-0.25, -0.2) is 4.98 Å². The summed E-state index contributed by atoms with van der Waals surface area (Å²) >= 11 is 1.45. The Labute approximate surface area is 166 Å². The molecule has 1 amide bonds. The summed E-state index contributed by atoms with van der Waals surface area (Å²) in [5, 5.41) is 14.2. The molecule has 0 aliphatic carbocycles. The SMILES string of the molecule is CC(C)(O)c1ccc(Cc2cnc(NC(=O)c3coc4ccccc34)s2)cc1. The Kier molecular flexibility index (Phi) is 4.75. The van der Waals surface area contributed by atoms with Crippen molar-refractivity contribution < 1.29 is 14.3 Å². The molecule has 0 bridgehead atoms. The van der Waals surface area contributed by atoms with Crippen LogP contribution in [0.2, 0.25) is 0 Å². The monoisotopic (exact) mass is 392 g/mol. The second-order valence-corrected chi connectivity index (χ2v) is 8.28. The minimum Gasteiger partial charge on any atom is -0.463 e. The molecule has 2 aromatic carbocycles. The minimum atomic E-state index is -0.849. The molecule has 5 nitrogen and oxygen atoms in total. The maximum absolute atomic E-state index is 12.6. The lowest BCUT2D eigenvalue weighted by molar-refractivity contribution is 0.0786. The van der Waals surface area contributed by atoms with Crippen molar-refractivity contribution in [3.8, 4) is 0 Å². The number of hydrogen-bond donors (Lipinski definition) is 2. The number of amides is 1. The van der Waals surface area contributed by atoms with Gasteiger partial charge in [0.1, 0.15) is 11.8 Å². The first-order chi connectivity index (χ1) is 13.4. The highest BCUT2D eigenvalue weighted by atomic mass is 32.1. The molecule has 2 aromatic heterocycles. The van der Waals surface area contributed by atoms with E-state index >= 15 is 0 Å². The van der Waals surface area contributed by atoms with Crippen molar-refractivity contribution in [2.75, 3.05) is 5.32 Å². The van der Waals surface area contributed by atoms with Crippen molar-refractivity contribution in [2.45, 2.75) is 25.9 Å². The Hall–Kier alpha value is -2.96. The van der Waals surface area contributed by atoms with Gasteiger partial charge in [0, 0.05) is 22.9 Å². The largest absolute Gasteiger partial charge is 0.463 e. The molecule has 4 aromatic rings. The van der Waals surface area contributed by atoms with E-state index in [-0.39, 0.29) is 5.91 Å². The highest BCUT2D eigenvalue weighted by Gasteiger charge is 2.16. The number of rotatable bonds is 5. The van der Waals surface area contributed by atoms with E-state index in [1.165, 1.54) is 17.6 Å². The number of hydrogen-bond acceptors (Lipinski definition) is 5. The molecular weight excluding hydrogens is 372 g/mol. The third-order valence-corrected chi connectivity index (χ3v) is 5.45. The molecule has 2 N–H and O–H groups in total. The van der Waals surface area contributed by atoms with Crippen molar-refractivity contribution in [1.82, 2.24) is 4.98 Å². The second kappa shape index (κ2) is 7.22. The molecule has 2 heterocycles. The van der Waals surface area contributed by atoms with Gasteiger partial charge in [-0.05, 0) is 31.0 Å². The highest BCUT2D eigenvalue weighted by Crippen LogP contribution is 2.26. The fourth-order valence-electron chi connectivity index (χ4n) is 3.00. The maximum atomic E-state index is 12.6. The summed E-state index contributed by atoms with van der Waals surface area (Å²) in [7, 11) is 0. The molecule has 0 saturated heterocycles.